The lowest BCUT2D eigenvalue weighted by atomic mass is 9.97. The minimum atomic E-state index is -0.266. The second-order valence-electron chi connectivity index (χ2n) is 6.71. The average molecular weight is 392 g/mol. The molecule has 0 aliphatic carbocycles. The topological polar surface area (TPSA) is 37.7 Å². The Bertz CT molecular complexity index is 670. The first-order chi connectivity index (χ1) is 12.7. The van der Waals surface area contributed by atoms with Gasteiger partial charge in [-0.1, -0.05) is 37.3 Å². The van der Waals surface area contributed by atoms with Crippen LogP contribution < -0.4 is 5.01 Å². The fraction of sp³-hybridized carbons (Fsp3) is 0.476. The molecule has 1 amide bonds. The molecular weight excluding hydrogens is 362 g/mol. The highest BCUT2D eigenvalue weighted by Crippen LogP contribution is 2.28. The SMILES string of the molecule is CCOC(=O)N(C1CCN(C(CC)c2ccccc2)CC1)n1cccc1.Cl. The van der Waals surface area contributed by atoms with Gasteiger partial charge in [0.05, 0.1) is 12.6 Å². The summed E-state index contributed by atoms with van der Waals surface area (Å²) in [5.74, 6) is 0. The Morgan fingerprint density at radius 1 is 1.11 bits per heavy atom. The van der Waals surface area contributed by atoms with E-state index < -0.39 is 0 Å². The van der Waals surface area contributed by atoms with Crippen LogP contribution in [0.5, 0.6) is 0 Å². The Morgan fingerprint density at radius 2 is 1.74 bits per heavy atom. The normalized spacial score (nSPS) is 16.4. The number of benzene rings is 1. The molecular formula is C21H30ClN3O2. The molecule has 1 aliphatic heterocycles. The Hall–Kier alpha value is -1.98. The summed E-state index contributed by atoms with van der Waals surface area (Å²) >= 11 is 0. The van der Waals surface area contributed by atoms with Crippen molar-refractivity contribution >= 4 is 18.5 Å². The van der Waals surface area contributed by atoms with Crippen molar-refractivity contribution < 1.29 is 9.53 Å². The van der Waals surface area contributed by atoms with Crippen LogP contribution >= 0.6 is 12.4 Å². The first-order valence-electron chi connectivity index (χ1n) is 9.62. The van der Waals surface area contributed by atoms with Gasteiger partial charge in [0.1, 0.15) is 0 Å². The monoisotopic (exact) mass is 391 g/mol. The number of piperidine rings is 1. The Kier molecular flexibility index (Phi) is 8.20. The summed E-state index contributed by atoms with van der Waals surface area (Å²) in [6.45, 7) is 6.44. The van der Waals surface area contributed by atoms with Gasteiger partial charge in [-0.15, -0.1) is 12.4 Å². The van der Waals surface area contributed by atoms with E-state index in [1.807, 2.05) is 36.1 Å². The number of likely N-dealkylation sites (tertiary alicyclic amines) is 1. The number of carbonyl (C=O) groups excluding carboxylic acids is 1. The molecule has 3 rings (SSSR count). The van der Waals surface area contributed by atoms with Crippen LogP contribution in [0.3, 0.4) is 0 Å². The van der Waals surface area contributed by atoms with Crippen molar-refractivity contribution in [2.24, 2.45) is 0 Å². The lowest BCUT2D eigenvalue weighted by molar-refractivity contribution is 0.122. The maximum absolute atomic E-state index is 12.5. The quantitative estimate of drug-likeness (QED) is 0.721. The van der Waals surface area contributed by atoms with Crippen molar-refractivity contribution in [2.75, 3.05) is 24.7 Å². The van der Waals surface area contributed by atoms with Crippen molar-refractivity contribution in [3.63, 3.8) is 0 Å². The van der Waals surface area contributed by atoms with Crippen LogP contribution in [0.1, 0.15) is 44.7 Å². The number of hydrogen-bond acceptors (Lipinski definition) is 3. The number of amides is 1. The average Bonchev–Trinajstić information content (AvgIpc) is 3.19. The minimum absolute atomic E-state index is 0. The summed E-state index contributed by atoms with van der Waals surface area (Å²) in [6.07, 6.45) is 6.52. The molecule has 6 heteroatoms. The first kappa shape index (κ1) is 21.3. The molecule has 1 atom stereocenters. The molecule has 0 radical (unpaired) electrons. The standard InChI is InChI=1S/C21H29N3O2.ClH/c1-3-20(18-10-6-5-7-11-18)22-16-12-19(13-17-22)24(21(25)26-4-2)23-14-8-9-15-23;/h5-11,14-15,19-20H,3-4,12-13,16-17H2,1-2H3;1H. The number of ether oxygens (including phenoxy) is 1. The Labute approximate surface area is 168 Å². The molecule has 1 fully saturated rings. The van der Waals surface area contributed by atoms with E-state index in [9.17, 15) is 4.79 Å². The fourth-order valence-electron chi connectivity index (χ4n) is 3.91. The van der Waals surface area contributed by atoms with Crippen molar-refractivity contribution in [3.8, 4) is 0 Å². The van der Waals surface area contributed by atoms with E-state index in [1.54, 1.807) is 5.01 Å². The van der Waals surface area contributed by atoms with Gasteiger partial charge in [-0.2, -0.15) is 0 Å². The number of rotatable bonds is 6. The molecule has 1 saturated heterocycles. The van der Waals surface area contributed by atoms with Gasteiger partial charge >= 0.3 is 6.09 Å². The zero-order valence-electron chi connectivity index (χ0n) is 16.2. The van der Waals surface area contributed by atoms with E-state index in [4.69, 9.17) is 4.74 Å². The van der Waals surface area contributed by atoms with Gasteiger partial charge in [-0.25, -0.2) is 9.80 Å². The highest BCUT2D eigenvalue weighted by molar-refractivity contribution is 5.85. The number of aromatic nitrogens is 1. The molecule has 0 N–H and O–H groups in total. The second kappa shape index (κ2) is 10.4. The van der Waals surface area contributed by atoms with Crippen molar-refractivity contribution in [2.45, 2.75) is 45.2 Å². The van der Waals surface area contributed by atoms with Crippen LogP contribution in [-0.2, 0) is 4.74 Å². The zero-order valence-corrected chi connectivity index (χ0v) is 17.0. The number of carbonyl (C=O) groups is 1. The first-order valence-corrected chi connectivity index (χ1v) is 9.62. The molecule has 0 bridgehead atoms. The number of nitrogens with zero attached hydrogens (tertiary/aromatic N) is 3. The Balaban J connectivity index is 0.00000261. The summed E-state index contributed by atoms with van der Waals surface area (Å²) in [7, 11) is 0. The van der Waals surface area contributed by atoms with E-state index in [1.165, 1.54) is 5.56 Å². The van der Waals surface area contributed by atoms with Crippen LogP contribution in [0.4, 0.5) is 4.79 Å². The zero-order chi connectivity index (χ0) is 18.4. The molecule has 1 aliphatic rings. The summed E-state index contributed by atoms with van der Waals surface area (Å²) in [5.41, 5.74) is 1.38. The number of hydrogen-bond donors (Lipinski definition) is 0. The summed E-state index contributed by atoms with van der Waals surface area (Å²) < 4.78 is 7.15. The van der Waals surface area contributed by atoms with Crippen molar-refractivity contribution in [3.05, 3.63) is 60.4 Å². The lowest BCUT2D eigenvalue weighted by Gasteiger charge is -2.41. The molecule has 1 aromatic heterocycles. The van der Waals surface area contributed by atoms with Gasteiger partial charge < -0.3 is 4.74 Å². The molecule has 5 nitrogen and oxygen atoms in total. The van der Waals surface area contributed by atoms with Crippen LogP contribution in [0.2, 0.25) is 0 Å². The van der Waals surface area contributed by atoms with Gasteiger partial charge in [0.25, 0.3) is 0 Å². The predicted molar refractivity (Wildman–Crippen MR) is 111 cm³/mol. The summed E-state index contributed by atoms with van der Waals surface area (Å²) in [5, 5.41) is 1.77. The fourth-order valence-corrected chi connectivity index (χ4v) is 3.91. The maximum Gasteiger partial charge on any atom is 0.429 e. The lowest BCUT2D eigenvalue weighted by Crippen LogP contribution is -2.53. The third-order valence-electron chi connectivity index (χ3n) is 5.15. The van der Waals surface area contributed by atoms with Crippen molar-refractivity contribution in [1.82, 2.24) is 9.58 Å². The number of halogens is 1. The highest BCUT2D eigenvalue weighted by Gasteiger charge is 2.32. The van der Waals surface area contributed by atoms with Gasteiger partial charge in [-0.05, 0) is 43.9 Å². The Morgan fingerprint density at radius 3 is 2.30 bits per heavy atom. The highest BCUT2D eigenvalue weighted by atomic mass is 35.5. The van der Waals surface area contributed by atoms with E-state index >= 15 is 0 Å². The smallest absolute Gasteiger partial charge is 0.429 e. The van der Waals surface area contributed by atoms with Crippen LogP contribution in [0.15, 0.2) is 54.9 Å². The molecule has 148 valence electrons. The third-order valence-corrected chi connectivity index (χ3v) is 5.15. The molecule has 2 aromatic rings. The molecule has 0 saturated carbocycles. The maximum atomic E-state index is 12.5. The van der Waals surface area contributed by atoms with Gasteiger partial charge in [-0.3, -0.25) is 9.58 Å². The molecule has 27 heavy (non-hydrogen) atoms. The van der Waals surface area contributed by atoms with Gasteiger partial charge in [0.2, 0.25) is 0 Å². The summed E-state index contributed by atoms with van der Waals surface area (Å²) in [4.78, 5) is 15.0. The van der Waals surface area contributed by atoms with Crippen LogP contribution in [0, 0.1) is 0 Å². The van der Waals surface area contributed by atoms with Crippen LogP contribution in [-0.4, -0.2) is 41.4 Å². The van der Waals surface area contributed by atoms with E-state index in [2.05, 4.69) is 42.2 Å². The van der Waals surface area contributed by atoms with Gasteiger partial charge in [0, 0.05) is 31.5 Å². The van der Waals surface area contributed by atoms with Crippen LogP contribution in [0.25, 0.3) is 0 Å². The molecule has 1 unspecified atom stereocenters. The van der Waals surface area contributed by atoms with E-state index in [0.717, 1.165) is 32.4 Å². The predicted octanol–water partition coefficient (Wildman–Crippen LogP) is 4.62. The van der Waals surface area contributed by atoms with E-state index in [-0.39, 0.29) is 24.5 Å². The minimum Gasteiger partial charge on any atom is -0.448 e. The van der Waals surface area contributed by atoms with Gasteiger partial charge in [0.15, 0.2) is 0 Å². The molecule has 1 aromatic carbocycles. The molecule has 0 spiro atoms. The third kappa shape index (κ3) is 5.05. The van der Waals surface area contributed by atoms with E-state index in [0.29, 0.717) is 12.6 Å². The largest absolute Gasteiger partial charge is 0.448 e. The summed E-state index contributed by atoms with van der Waals surface area (Å²) in [6, 6.07) is 15.2. The molecule has 2 heterocycles. The second-order valence-corrected chi connectivity index (χ2v) is 6.71. The van der Waals surface area contributed by atoms with Crippen molar-refractivity contribution in [1.29, 1.82) is 0 Å².